The topological polar surface area (TPSA) is 49.9 Å². The first-order valence-corrected chi connectivity index (χ1v) is 3.63. The molecule has 1 fully saturated rings. The van der Waals surface area contributed by atoms with Crippen molar-refractivity contribution in [3.05, 3.63) is 0 Å². The van der Waals surface area contributed by atoms with Gasteiger partial charge in [-0.3, -0.25) is 0 Å². The summed E-state index contributed by atoms with van der Waals surface area (Å²) < 4.78 is 0. The monoisotopic (exact) mass is 128 g/mol. The van der Waals surface area contributed by atoms with Crippen LogP contribution < -0.4 is 5.73 Å². The molecule has 0 saturated heterocycles. The van der Waals surface area contributed by atoms with Crippen LogP contribution >= 0.6 is 0 Å². The Kier molecular flexibility index (Phi) is 4.32. The smallest absolute Gasteiger partial charge is 0.0423 e. The van der Waals surface area contributed by atoms with Crippen LogP contribution in [0.5, 0.6) is 0 Å². The van der Waals surface area contributed by atoms with Gasteiger partial charge in [-0.15, -0.1) is 0 Å². The minimum atomic E-state index is 0.0972. The van der Waals surface area contributed by atoms with Crippen LogP contribution in [0.2, 0.25) is 0 Å². The summed E-state index contributed by atoms with van der Waals surface area (Å²) in [7, 11) is 0. The third kappa shape index (κ3) is 2.61. The van der Waals surface area contributed by atoms with E-state index in [0.717, 1.165) is 25.0 Å². The van der Waals surface area contributed by atoms with Crippen LogP contribution in [-0.2, 0) is 0 Å². The summed E-state index contributed by atoms with van der Waals surface area (Å²) in [6, 6.07) is 0.0972. The van der Waals surface area contributed by atoms with Crippen molar-refractivity contribution in [1.29, 1.82) is 5.41 Å². The maximum absolute atomic E-state index is 7.13. The second kappa shape index (κ2) is 4.50. The van der Waals surface area contributed by atoms with Crippen LogP contribution in [-0.4, -0.2) is 11.8 Å². The van der Waals surface area contributed by atoms with Crippen LogP contribution in [0.25, 0.3) is 0 Å². The highest BCUT2D eigenvalue weighted by Crippen LogP contribution is 2.11. The lowest BCUT2D eigenvalue weighted by molar-refractivity contribution is 0.790. The Morgan fingerprint density at radius 3 is 2.22 bits per heavy atom. The van der Waals surface area contributed by atoms with Crippen LogP contribution in [0.1, 0.15) is 33.1 Å². The summed E-state index contributed by atoms with van der Waals surface area (Å²) in [6.07, 6.45) is 3.08. The predicted octanol–water partition coefficient (Wildman–Crippen LogP) is 1.54. The fourth-order valence-electron chi connectivity index (χ4n) is 0.872. The molecule has 0 bridgehead atoms. The van der Waals surface area contributed by atoms with Gasteiger partial charge in [0.05, 0.1) is 0 Å². The zero-order chi connectivity index (χ0) is 7.28. The summed E-state index contributed by atoms with van der Waals surface area (Å²) in [4.78, 5) is 0. The van der Waals surface area contributed by atoms with Crippen LogP contribution in [0.15, 0.2) is 0 Å². The van der Waals surface area contributed by atoms with E-state index < -0.39 is 0 Å². The number of hydrogen-bond donors (Lipinski definition) is 2. The average molecular weight is 128 g/mol. The highest BCUT2D eigenvalue weighted by atomic mass is 14.7. The first-order chi connectivity index (χ1) is 4.30. The van der Waals surface area contributed by atoms with E-state index in [0.29, 0.717) is 0 Å². The van der Waals surface area contributed by atoms with Gasteiger partial charge in [0.2, 0.25) is 0 Å². The van der Waals surface area contributed by atoms with Gasteiger partial charge in [0.25, 0.3) is 0 Å². The van der Waals surface area contributed by atoms with Crippen LogP contribution in [0, 0.1) is 5.41 Å². The van der Waals surface area contributed by atoms with Gasteiger partial charge in [0.15, 0.2) is 0 Å². The standard InChI is InChI=1S/C5H10N2.C2H6/c6-4-2-1-3-5(4)7;1-2/h4,7H,1-3,6H2;1-2H3. The Bertz CT molecular complexity index is 88.9. The van der Waals surface area contributed by atoms with E-state index in [2.05, 4.69) is 0 Å². The molecule has 0 aromatic heterocycles. The second-order valence-corrected chi connectivity index (χ2v) is 2.02. The van der Waals surface area contributed by atoms with Gasteiger partial charge in [-0.25, -0.2) is 0 Å². The molecule has 1 aliphatic rings. The number of nitrogens with one attached hydrogen (secondary N) is 1. The Morgan fingerprint density at radius 1 is 1.56 bits per heavy atom. The minimum absolute atomic E-state index is 0.0972. The van der Waals surface area contributed by atoms with E-state index in [-0.39, 0.29) is 6.04 Å². The largest absolute Gasteiger partial charge is 0.323 e. The Morgan fingerprint density at radius 2 is 2.11 bits per heavy atom. The van der Waals surface area contributed by atoms with E-state index >= 15 is 0 Å². The maximum atomic E-state index is 7.13. The lowest BCUT2D eigenvalue weighted by Gasteiger charge is -1.96. The minimum Gasteiger partial charge on any atom is -0.323 e. The van der Waals surface area contributed by atoms with Gasteiger partial charge in [0.1, 0.15) is 0 Å². The molecule has 1 atom stereocenters. The Labute approximate surface area is 57.0 Å². The molecule has 1 unspecified atom stereocenters. The van der Waals surface area contributed by atoms with E-state index in [1.165, 1.54) is 0 Å². The molecule has 1 aliphatic carbocycles. The molecule has 0 amide bonds. The van der Waals surface area contributed by atoms with E-state index in [9.17, 15) is 0 Å². The third-order valence-electron chi connectivity index (χ3n) is 1.41. The van der Waals surface area contributed by atoms with Crippen molar-refractivity contribution < 1.29 is 0 Å². The zero-order valence-corrected chi connectivity index (χ0v) is 6.28. The van der Waals surface area contributed by atoms with Gasteiger partial charge in [-0.05, 0) is 19.3 Å². The molecule has 1 rings (SSSR count). The van der Waals surface area contributed by atoms with Gasteiger partial charge < -0.3 is 11.1 Å². The first kappa shape index (κ1) is 8.63. The average Bonchev–Trinajstić information content (AvgIpc) is 2.23. The molecule has 0 aliphatic heterocycles. The second-order valence-electron chi connectivity index (χ2n) is 2.02. The van der Waals surface area contributed by atoms with Crippen molar-refractivity contribution in [2.45, 2.75) is 39.2 Å². The molecule has 0 radical (unpaired) electrons. The fraction of sp³-hybridized carbons (Fsp3) is 0.857. The molecule has 2 heteroatoms. The van der Waals surface area contributed by atoms with Crippen molar-refractivity contribution in [1.82, 2.24) is 0 Å². The number of nitrogens with two attached hydrogens (primary N) is 1. The summed E-state index contributed by atoms with van der Waals surface area (Å²) in [5.41, 5.74) is 6.19. The van der Waals surface area contributed by atoms with Gasteiger partial charge in [-0.2, -0.15) is 0 Å². The molecule has 54 valence electrons. The quantitative estimate of drug-likeness (QED) is 0.511. The highest BCUT2D eigenvalue weighted by molar-refractivity contribution is 5.88. The van der Waals surface area contributed by atoms with Crippen molar-refractivity contribution in [3.63, 3.8) is 0 Å². The van der Waals surface area contributed by atoms with E-state index in [4.69, 9.17) is 11.1 Å². The molecule has 9 heavy (non-hydrogen) atoms. The van der Waals surface area contributed by atoms with Gasteiger partial charge in [0, 0.05) is 11.8 Å². The Balaban J connectivity index is 0.000000291. The van der Waals surface area contributed by atoms with Crippen LogP contribution in [0.4, 0.5) is 0 Å². The zero-order valence-electron chi connectivity index (χ0n) is 6.28. The fourth-order valence-corrected chi connectivity index (χ4v) is 0.872. The van der Waals surface area contributed by atoms with Gasteiger partial charge in [-0.1, -0.05) is 13.8 Å². The molecular formula is C7H16N2. The molecule has 2 nitrogen and oxygen atoms in total. The Hall–Kier alpha value is -0.370. The lowest BCUT2D eigenvalue weighted by atomic mass is 10.2. The van der Waals surface area contributed by atoms with Crippen molar-refractivity contribution in [2.24, 2.45) is 5.73 Å². The molecule has 0 spiro atoms. The SMILES string of the molecule is CC.N=C1CCCC1N. The summed E-state index contributed by atoms with van der Waals surface area (Å²) >= 11 is 0. The van der Waals surface area contributed by atoms with Crippen molar-refractivity contribution >= 4 is 5.71 Å². The summed E-state index contributed by atoms with van der Waals surface area (Å²) in [5, 5.41) is 7.13. The molecule has 0 aromatic carbocycles. The van der Waals surface area contributed by atoms with E-state index in [1.54, 1.807) is 0 Å². The molecule has 0 heterocycles. The third-order valence-corrected chi connectivity index (χ3v) is 1.41. The predicted molar refractivity (Wildman–Crippen MR) is 40.9 cm³/mol. The van der Waals surface area contributed by atoms with Crippen molar-refractivity contribution in [3.8, 4) is 0 Å². The highest BCUT2D eigenvalue weighted by Gasteiger charge is 2.15. The van der Waals surface area contributed by atoms with Crippen LogP contribution in [0.3, 0.4) is 0 Å². The molecule has 3 N–H and O–H groups in total. The molecule has 1 saturated carbocycles. The first-order valence-electron chi connectivity index (χ1n) is 3.63. The van der Waals surface area contributed by atoms with Gasteiger partial charge >= 0.3 is 0 Å². The summed E-state index contributed by atoms with van der Waals surface area (Å²) in [5.74, 6) is 0. The summed E-state index contributed by atoms with van der Waals surface area (Å²) in [6.45, 7) is 4.00. The number of hydrogen-bond acceptors (Lipinski definition) is 2. The lowest BCUT2D eigenvalue weighted by Crippen LogP contribution is -2.23. The molecular weight excluding hydrogens is 112 g/mol. The van der Waals surface area contributed by atoms with E-state index in [1.807, 2.05) is 13.8 Å². The maximum Gasteiger partial charge on any atom is 0.0423 e. The molecule has 0 aromatic rings. The normalized spacial score (nSPS) is 25.2. The van der Waals surface area contributed by atoms with Crippen molar-refractivity contribution in [2.75, 3.05) is 0 Å². The number of rotatable bonds is 0.